The van der Waals surface area contributed by atoms with Gasteiger partial charge in [0, 0.05) is 18.0 Å². The van der Waals surface area contributed by atoms with Crippen LogP contribution in [-0.4, -0.2) is 46.8 Å². The zero-order valence-electron chi connectivity index (χ0n) is 15.9. The molecule has 1 N–H and O–H groups in total. The van der Waals surface area contributed by atoms with Gasteiger partial charge in [0.05, 0.1) is 18.8 Å². The molecule has 1 atom stereocenters. The number of aliphatic hydroxyl groups is 1. The molecular weight excluding hydrogens is 364 g/mol. The lowest BCUT2D eigenvalue weighted by Crippen LogP contribution is -2.37. The van der Waals surface area contributed by atoms with Gasteiger partial charge in [0.1, 0.15) is 6.10 Å². The molecule has 6 nitrogen and oxygen atoms in total. The standard InChI is InChI=1S/C20H26N2O4S/c1-13(2)26-19-16(17(23)14-7-5-4-6-8-14)18(27-21-19)15-9-11-22(12-10-15)20(24)25-3/h4-8,13,15,17,23H,9-12H2,1-3H3. The summed E-state index contributed by atoms with van der Waals surface area (Å²) in [4.78, 5) is 14.5. The van der Waals surface area contributed by atoms with Crippen LogP contribution in [0.3, 0.4) is 0 Å². The Balaban J connectivity index is 1.87. The van der Waals surface area contributed by atoms with E-state index in [0.717, 1.165) is 28.8 Å². The molecule has 0 bridgehead atoms. The van der Waals surface area contributed by atoms with E-state index in [1.165, 1.54) is 18.6 Å². The topological polar surface area (TPSA) is 71.9 Å². The van der Waals surface area contributed by atoms with Gasteiger partial charge in [0.15, 0.2) is 0 Å². The molecule has 0 spiro atoms. The summed E-state index contributed by atoms with van der Waals surface area (Å²) in [6.45, 7) is 5.17. The van der Waals surface area contributed by atoms with Gasteiger partial charge in [-0.1, -0.05) is 30.3 Å². The Bertz CT molecular complexity index is 755. The molecule has 1 aliphatic heterocycles. The predicted octanol–water partition coefficient (Wildman–Crippen LogP) is 3.96. The number of benzene rings is 1. The van der Waals surface area contributed by atoms with Crippen molar-refractivity contribution < 1.29 is 19.4 Å². The van der Waals surface area contributed by atoms with E-state index >= 15 is 0 Å². The molecule has 27 heavy (non-hydrogen) atoms. The second-order valence-electron chi connectivity index (χ2n) is 6.98. The lowest BCUT2D eigenvalue weighted by molar-refractivity contribution is 0.112. The summed E-state index contributed by atoms with van der Waals surface area (Å²) < 4.78 is 15.2. The monoisotopic (exact) mass is 390 g/mol. The van der Waals surface area contributed by atoms with Crippen LogP contribution in [0.2, 0.25) is 0 Å². The van der Waals surface area contributed by atoms with Gasteiger partial charge in [-0.05, 0) is 49.7 Å². The largest absolute Gasteiger partial charge is 0.474 e. The highest BCUT2D eigenvalue weighted by molar-refractivity contribution is 7.06. The number of aromatic nitrogens is 1. The number of hydrogen-bond donors (Lipinski definition) is 1. The molecule has 146 valence electrons. The fourth-order valence-corrected chi connectivity index (χ4v) is 4.41. The third-order valence-electron chi connectivity index (χ3n) is 4.76. The zero-order chi connectivity index (χ0) is 19.4. The molecule has 2 heterocycles. The number of aliphatic hydroxyl groups excluding tert-OH is 1. The number of methoxy groups -OCH3 is 1. The lowest BCUT2D eigenvalue weighted by Gasteiger charge is -2.31. The molecule has 1 fully saturated rings. The number of ether oxygens (including phenoxy) is 2. The molecule has 1 amide bonds. The van der Waals surface area contributed by atoms with Crippen molar-refractivity contribution in [3.63, 3.8) is 0 Å². The van der Waals surface area contributed by atoms with Crippen LogP contribution in [0.25, 0.3) is 0 Å². The summed E-state index contributed by atoms with van der Waals surface area (Å²) in [5.41, 5.74) is 1.58. The second kappa shape index (κ2) is 8.71. The fourth-order valence-electron chi connectivity index (χ4n) is 3.40. The van der Waals surface area contributed by atoms with E-state index in [0.29, 0.717) is 19.0 Å². The molecule has 1 unspecified atom stereocenters. The van der Waals surface area contributed by atoms with Crippen LogP contribution in [-0.2, 0) is 4.74 Å². The van der Waals surface area contributed by atoms with Crippen LogP contribution >= 0.6 is 11.5 Å². The van der Waals surface area contributed by atoms with E-state index in [-0.39, 0.29) is 18.1 Å². The molecular formula is C20H26N2O4S. The maximum atomic E-state index is 11.7. The molecule has 1 aromatic heterocycles. The summed E-state index contributed by atoms with van der Waals surface area (Å²) in [6.07, 6.45) is 0.529. The maximum absolute atomic E-state index is 11.7. The smallest absolute Gasteiger partial charge is 0.409 e. The Hall–Kier alpha value is -2.12. The number of amides is 1. The van der Waals surface area contributed by atoms with E-state index in [9.17, 15) is 9.90 Å². The van der Waals surface area contributed by atoms with Crippen molar-refractivity contribution in [3.05, 3.63) is 46.3 Å². The van der Waals surface area contributed by atoms with Gasteiger partial charge in [-0.2, -0.15) is 4.37 Å². The molecule has 7 heteroatoms. The Kier molecular flexibility index (Phi) is 6.34. The molecule has 2 aromatic rings. The van der Waals surface area contributed by atoms with Crippen LogP contribution in [0.5, 0.6) is 5.88 Å². The summed E-state index contributed by atoms with van der Waals surface area (Å²) >= 11 is 1.39. The molecule has 0 aliphatic carbocycles. The van der Waals surface area contributed by atoms with Gasteiger partial charge in [0.2, 0.25) is 5.88 Å². The molecule has 0 saturated carbocycles. The van der Waals surface area contributed by atoms with Crippen molar-refractivity contribution in [1.29, 1.82) is 0 Å². The van der Waals surface area contributed by atoms with Crippen molar-refractivity contribution in [2.45, 2.75) is 44.8 Å². The van der Waals surface area contributed by atoms with E-state index in [4.69, 9.17) is 9.47 Å². The minimum atomic E-state index is -0.785. The number of rotatable bonds is 5. The van der Waals surface area contributed by atoms with Crippen molar-refractivity contribution in [2.24, 2.45) is 0 Å². The van der Waals surface area contributed by atoms with Gasteiger partial charge in [-0.25, -0.2) is 4.79 Å². The highest BCUT2D eigenvalue weighted by atomic mass is 32.1. The van der Waals surface area contributed by atoms with Crippen LogP contribution in [0.4, 0.5) is 4.79 Å². The normalized spacial score (nSPS) is 16.4. The second-order valence-corrected chi connectivity index (χ2v) is 7.78. The number of nitrogens with zero attached hydrogens (tertiary/aromatic N) is 2. The average molecular weight is 391 g/mol. The highest BCUT2D eigenvalue weighted by Gasteiger charge is 2.32. The van der Waals surface area contributed by atoms with Gasteiger partial charge in [-0.3, -0.25) is 0 Å². The van der Waals surface area contributed by atoms with E-state index in [1.807, 2.05) is 44.2 Å². The van der Waals surface area contributed by atoms with Crippen LogP contribution in [0, 0.1) is 0 Å². The molecule has 1 aromatic carbocycles. The maximum Gasteiger partial charge on any atom is 0.409 e. The SMILES string of the molecule is COC(=O)N1CCC(c2snc(OC(C)C)c2C(O)c2ccccc2)CC1. The summed E-state index contributed by atoms with van der Waals surface area (Å²) in [7, 11) is 1.40. The first kappa shape index (κ1) is 19.6. The first-order valence-electron chi connectivity index (χ1n) is 9.23. The van der Waals surface area contributed by atoms with Crippen LogP contribution < -0.4 is 4.74 Å². The van der Waals surface area contributed by atoms with Gasteiger partial charge in [0.25, 0.3) is 0 Å². The predicted molar refractivity (Wildman–Crippen MR) is 104 cm³/mol. The van der Waals surface area contributed by atoms with Crippen molar-refractivity contribution in [3.8, 4) is 5.88 Å². The Morgan fingerprint density at radius 3 is 2.52 bits per heavy atom. The van der Waals surface area contributed by atoms with Crippen molar-refractivity contribution >= 4 is 17.6 Å². The number of piperidine rings is 1. The third-order valence-corrected chi connectivity index (χ3v) is 5.76. The first-order valence-corrected chi connectivity index (χ1v) is 10.0. The van der Waals surface area contributed by atoms with Gasteiger partial charge in [-0.15, -0.1) is 0 Å². The van der Waals surface area contributed by atoms with E-state index in [2.05, 4.69) is 4.37 Å². The van der Waals surface area contributed by atoms with E-state index in [1.54, 1.807) is 4.90 Å². The number of carbonyl (C=O) groups excluding carboxylic acids is 1. The molecule has 3 rings (SSSR count). The first-order chi connectivity index (χ1) is 13.0. The lowest BCUT2D eigenvalue weighted by atomic mass is 9.90. The van der Waals surface area contributed by atoms with Crippen molar-refractivity contribution in [2.75, 3.05) is 20.2 Å². The minimum Gasteiger partial charge on any atom is -0.474 e. The van der Waals surface area contributed by atoms with E-state index < -0.39 is 6.10 Å². The highest BCUT2D eigenvalue weighted by Crippen LogP contribution is 2.42. The van der Waals surface area contributed by atoms with Crippen molar-refractivity contribution in [1.82, 2.24) is 9.27 Å². The summed E-state index contributed by atoms with van der Waals surface area (Å²) in [5.74, 6) is 0.748. The Morgan fingerprint density at radius 2 is 1.93 bits per heavy atom. The quantitative estimate of drug-likeness (QED) is 0.837. The van der Waals surface area contributed by atoms with Gasteiger partial charge < -0.3 is 19.5 Å². The third kappa shape index (κ3) is 4.42. The summed E-state index contributed by atoms with van der Waals surface area (Å²) in [5, 5.41) is 11.1. The molecule has 1 aliphatic rings. The Labute approximate surface area is 163 Å². The minimum absolute atomic E-state index is 0.0251. The Morgan fingerprint density at radius 1 is 1.26 bits per heavy atom. The number of hydrogen-bond acceptors (Lipinski definition) is 6. The number of likely N-dealkylation sites (tertiary alicyclic amines) is 1. The van der Waals surface area contributed by atoms with Crippen LogP contribution in [0.1, 0.15) is 54.7 Å². The molecule has 0 radical (unpaired) electrons. The fraction of sp³-hybridized carbons (Fsp3) is 0.500. The van der Waals surface area contributed by atoms with Gasteiger partial charge >= 0.3 is 6.09 Å². The summed E-state index contributed by atoms with van der Waals surface area (Å²) in [6, 6.07) is 9.57. The number of carbonyl (C=O) groups is 1. The molecule has 1 saturated heterocycles. The zero-order valence-corrected chi connectivity index (χ0v) is 16.7. The van der Waals surface area contributed by atoms with Crippen LogP contribution in [0.15, 0.2) is 30.3 Å². The average Bonchev–Trinajstić information content (AvgIpc) is 3.10.